The number of amides is 2. The highest BCUT2D eigenvalue weighted by molar-refractivity contribution is 5.97. The minimum Gasteiger partial charge on any atom is -0.494 e. The molecule has 0 saturated heterocycles. The van der Waals surface area contributed by atoms with Gasteiger partial charge >= 0.3 is 0 Å². The second-order valence-corrected chi connectivity index (χ2v) is 7.40. The Hall–Kier alpha value is -2.55. The third-order valence-electron chi connectivity index (χ3n) is 4.95. The molecule has 0 spiro atoms. The smallest absolute Gasteiger partial charge is 0.251 e. The highest BCUT2D eigenvalue weighted by Gasteiger charge is 2.36. The van der Waals surface area contributed by atoms with Crippen molar-refractivity contribution in [3.05, 3.63) is 29.8 Å². The van der Waals surface area contributed by atoms with Crippen LogP contribution >= 0.6 is 0 Å². The van der Waals surface area contributed by atoms with Crippen molar-refractivity contribution in [2.75, 3.05) is 6.61 Å². The lowest BCUT2D eigenvalue weighted by atomic mass is 9.82. The van der Waals surface area contributed by atoms with E-state index in [0.717, 1.165) is 19.3 Å². The minimum absolute atomic E-state index is 0.101. The topological polar surface area (TPSA) is 91.2 Å². The van der Waals surface area contributed by atoms with Gasteiger partial charge in [-0.3, -0.25) is 9.59 Å². The number of ether oxygens (including phenoxy) is 1. The molecule has 6 heteroatoms. The predicted molar refractivity (Wildman–Crippen MR) is 103 cm³/mol. The molecule has 1 aliphatic rings. The summed E-state index contributed by atoms with van der Waals surface area (Å²) in [6.07, 6.45) is 4.26. The summed E-state index contributed by atoms with van der Waals surface area (Å²) in [7, 11) is 0. The van der Waals surface area contributed by atoms with E-state index in [0.29, 0.717) is 30.8 Å². The summed E-state index contributed by atoms with van der Waals surface area (Å²) in [5, 5.41) is 15.3. The van der Waals surface area contributed by atoms with E-state index in [1.54, 1.807) is 24.3 Å². The highest BCUT2D eigenvalue weighted by atomic mass is 16.5. The number of rotatable bonds is 7. The second-order valence-electron chi connectivity index (χ2n) is 7.40. The molecule has 0 radical (unpaired) electrons. The SMILES string of the molecule is CCOc1ccc(C(=O)NC(C(=O)NC2(C#N)CCCCC2)C(C)C)cc1. The van der Waals surface area contributed by atoms with Gasteiger partial charge in [-0.15, -0.1) is 0 Å². The molecule has 0 bridgehead atoms. The van der Waals surface area contributed by atoms with Gasteiger partial charge in [-0.05, 0) is 49.9 Å². The lowest BCUT2D eigenvalue weighted by molar-refractivity contribution is -0.125. The van der Waals surface area contributed by atoms with Gasteiger partial charge in [0.2, 0.25) is 5.91 Å². The van der Waals surface area contributed by atoms with Crippen LogP contribution in [0.3, 0.4) is 0 Å². The van der Waals surface area contributed by atoms with Crippen LogP contribution in [-0.2, 0) is 4.79 Å². The molecule has 6 nitrogen and oxygen atoms in total. The van der Waals surface area contributed by atoms with Crippen molar-refractivity contribution in [2.24, 2.45) is 5.92 Å². The van der Waals surface area contributed by atoms with E-state index in [2.05, 4.69) is 16.7 Å². The van der Waals surface area contributed by atoms with Crippen molar-refractivity contribution in [2.45, 2.75) is 64.5 Å². The van der Waals surface area contributed by atoms with E-state index >= 15 is 0 Å². The molecule has 2 rings (SSSR count). The molecule has 1 atom stereocenters. The zero-order valence-corrected chi connectivity index (χ0v) is 16.4. The first-order valence-electron chi connectivity index (χ1n) is 9.68. The Kier molecular flexibility index (Phi) is 7.23. The number of carbonyl (C=O) groups excluding carboxylic acids is 2. The third kappa shape index (κ3) is 5.46. The average molecular weight is 371 g/mol. The van der Waals surface area contributed by atoms with E-state index in [4.69, 9.17) is 4.74 Å². The van der Waals surface area contributed by atoms with E-state index in [1.165, 1.54) is 0 Å². The zero-order valence-electron chi connectivity index (χ0n) is 16.4. The van der Waals surface area contributed by atoms with Crippen LogP contribution in [0.15, 0.2) is 24.3 Å². The zero-order chi connectivity index (χ0) is 19.9. The first-order chi connectivity index (χ1) is 12.9. The van der Waals surface area contributed by atoms with Crippen LogP contribution in [0, 0.1) is 17.2 Å². The summed E-state index contributed by atoms with van der Waals surface area (Å²) in [4.78, 5) is 25.4. The largest absolute Gasteiger partial charge is 0.494 e. The van der Waals surface area contributed by atoms with Gasteiger partial charge in [0.25, 0.3) is 5.91 Å². The molecule has 1 fully saturated rings. The number of nitrogens with one attached hydrogen (secondary N) is 2. The molecule has 27 heavy (non-hydrogen) atoms. The normalized spacial score (nSPS) is 16.9. The molecule has 0 aromatic heterocycles. The molecule has 0 heterocycles. The predicted octanol–water partition coefficient (Wildman–Crippen LogP) is 3.18. The minimum atomic E-state index is -0.813. The Morgan fingerprint density at radius 2 is 1.81 bits per heavy atom. The Morgan fingerprint density at radius 3 is 2.33 bits per heavy atom. The molecule has 0 aliphatic heterocycles. The van der Waals surface area contributed by atoms with Gasteiger partial charge in [0.1, 0.15) is 17.3 Å². The molecule has 1 aromatic rings. The third-order valence-corrected chi connectivity index (χ3v) is 4.95. The Labute approximate surface area is 161 Å². The first-order valence-corrected chi connectivity index (χ1v) is 9.68. The molecular weight excluding hydrogens is 342 g/mol. The van der Waals surface area contributed by atoms with Gasteiger partial charge in [-0.25, -0.2) is 0 Å². The van der Waals surface area contributed by atoms with Crippen LogP contribution in [0.4, 0.5) is 0 Å². The summed E-state index contributed by atoms with van der Waals surface area (Å²) in [6, 6.07) is 8.40. The fraction of sp³-hybridized carbons (Fsp3) is 0.571. The Morgan fingerprint density at radius 1 is 1.19 bits per heavy atom. The highest BCUT2D eigenvalue weighted by Crippen LogP contribution is 2.27. The fourth-order valence-electron chi connectivity index (χ4n) is 3.36. The van der Waals surface area contributed by atoms with E-state index < -0.39 is 11.6 Å². The number of carbonyl (C=O) groups is 2. The number of hydrogen-bond acceptors (Lipinski definition) is 4. The van der Waals surface area contributed by atoms with Crippen molar-refractivity contribution in [3.63, 3.8) is 0 Å². The Bertz CT molecular complexity index is 686. The number of benzene rings is 1. The molecule has 2 amide bonds. The van der Waals surface area contributed by atoms with Crippen LogP contribution in [-0.4, -0.2) is 30.0 Å². The summed E-state index contributed by atoms with van der Waals surface area (Å²) in [5.74, 6) is -0.0225. The fourth-order valence-corrected chi connectivity index (χ4v) is 3.36. The maximum absolute atomic E-state index is 12.8. The maximum Gasteiger partial charge on any atom is 0.251 e. The average Bonchev–Trinajstić information content (AvgIpc) is 2.67. The van der Waals surface area contributed by atoms with Gasteiger partial charge in [0.05, 0.1) is 12.7 Å². The summed E-state index contributed by atoms with van der Waals surface area (Å²) < 4.78 is 5.38. The van der Waals surface area contributed by atoms with Gasteiger partial charge in [-0.1, -0.05) is 33.1 Å². The van der Waals surface area contributed by atoms with Gasteiger partial charge in [-0.2, -0.15) is 5.26 Å². The van der Waals surface area contributed by atoms with E-state index in [1.807, 2.05) is 20.8 Å². The summed E-state index contributed by atoms with van der Waals surface area (Å²) in [6.45, 7) is 6.21. The van der Waals surface area contributed by atoms with Crippen molar-refractivity contribution in [1.82, 2.24) is 10.6 Å². The summed E-state index contributed by atoms with van der Waals surface area (Å²) in [5.41, 5.74) is -0.351. The Balaban J connectivity index is 2.06. The van der Waals surface area contributed by atoms with Crippen molar-refractivity contribution in [1.29, 1.82) is 5.26 Å². The number of nitrogens with zero attached hydrogens (tertiary/aromatic N) is 1. The maximum atomic E-state index is 12.8. The first kappa shape index (κ1) is 20.8. The van der Waals surface area contributed by atoms with Crippen molar-refractivity contribution in [3.8, 4) is 11.8 Å². The van der Waals surface area contributed by atoms with Gasteiger partial charge in [0, 0.05) is 5.56 Å². The van der Waals surface area contributed by atoms with E-state index in [-0.39, 0.29) is 17.7 Å². The second kappa shape index (κ2) is 9.40. The van der Waals surface area contributed by atoms with Crippen LogP contribution < -0.4 is 15.4 Å². The van der Waals surface area contributed by atoms with Crippen molar-refractivity contribution >= 4 is 11.8 Å². The van der Waals surface area contributed by atoms with Gasteiger partial charge < -0.3 is 15.4 Å². The molecule has 1 saturated carbocycles. The van der Waals surface area contributed by atoms with Crippen LogP contribution in [0.1, 0.15) is 63.2 Å². The summed E-state index contributed by atoms with van der Waals surface area (Å²) >= 11 is 0. The van der Waals surface area contributed by atoms with Crippen LogP contribution in [0.5, 0.6) is 5.75 Å². The molecule has 1 aliphatic carbocycles. The van der Waals surface area contributed by atoms with Crippen molar-refractivity contribution < 1.29 is 14.3 Å². The molecular formula is C21H29N3O3. The molecule has 1 aromatic carbocycles. The quantitative estimate of drug-likeness (QED) is 0.770. The van der Waals surface area contributed by atoms with Crippen LogP contribution in [0.2, 0.25) is 0 Å². The standard InChI is InChI=1S/C21H29N3O3/c1-4-27-17-10-8-16(9-11-17)19(25)23-18(15(2)3)20(26)24-21(14-22)12-6-5-7-13-21/h8-11,15,18H,4-7,12-13H2,1-3H3,(H,23,25)(H,24,26). The van der Waals surface area contributed by atoms with E-state index in [9.17, 15) is 14.9 Å². The van der Waals surface area contributed by atoms with Gasteiger partial charge in [0.15, 0.2) is 0 Å². The molecule has 2 N–H and O–H groups in total. The monoisotopic (exact) mass is 371 g/mol. The lowest BCUT2D eigenvalue weighted by Gasteiger charge is -2.34. The van der Waals surface area contributed by atoms with Crippen LogP contribution in [0.25, 0.3) is 0 Å². The number of nitriles is 1. The lowest BCUT2D eigenvalue weighted by Crippen LogP contribution is -2.57. The molecule has 1 unspecified atom stereocenters. The number of hydrogen-bond donors (Lipinski definition) is 2. The molecule has 146 valence electrons.